The highest BCUT2D eigenvalue weighted by atomic mass is 16.6. The molecule has 0 bridgehead atoms. The number of amides is 1. The first-order chi connectivity index (χ1) is 19.5. The molecule has 0 radical (unpaired) electrons. The summed E-state index contributed by atoms with van der Waals surface area (Å²) in [6.45, 7) is 8.02. The van der Waals surface area contributed by atoms with Gasteiger partial charge in [-0.05, 0) is 101 Å². The zero-order chi connectivity index (χ0) is 29.2. The minimum atomic E-state index is -0.506. The third-order valence-electron chi connectivity index (χ3n) is 8.48. The molecular weight excluding hydrogens is 512 g/mol. The number of benzene rings is 2. The summed E-state index contributed by atoms with van der Waals surface area (Å²) >= 11 is 0. The Kier molecular flexibility index (Phi) is 8.21. The van der Waals surface area contributed by atoms with Gasteiger partial charge in [0, 0.05) is 17.4 Å². The molecule has 0 aliphatic heterocycles. The molecule has 1 heterocycles. The van der Waals surface area contributed by atoms with Gasteiger partial charge in [-0.1, -0.05) is 55.3 Å². The smallest absolute Gasteiger partial charge is 0.312 e. The molecule has 2 saturated carbocycles. The topological polar surface area (TPSA) is 77.4 Å². The number of nitrogens with one attached hydrogen (secondary N) is 1. The van der Waals surface area contributed by atoms with E-state index in [0.29, 0.717) is 18.9 Å². The number of hydrogen-bond donors (Lipinski definition) is 1. The predicted octanol–water partition coefficient (Wildman–Crippen LogP) is 6.78. The van der Waals surface area contributed by atoms with Crippen LogP contribution in [0, 0.1) is 18.3 Å². The fourth-order valence-electron chi connectivity index (χ4n) is 6.10. The van der Waals surface area contributed by atoms with Gasteiger partial charge >= 0.3 is 5.97 Å². The van der Waals surface area contributed by atoms with E-state index in [2.05, 4.69) is 5.32 Å². The molecule has 2 aliphatic carbocycles. The van der Waals surface area contributed by atoms with Crippen molar-refractivity contribution in [2.75, 3.05) is 5.32 Å². The zero-order valence-corrected chi connectivity index (χ0v) is 24.7. The van der Waals surface area contributed by atoms with E-state index in [9.17, 15) is 14.4 Å². The third-order valence-corrected chi connectivity index (χ3v) is 8.48. The zero-order valence-electron chi connectivity index (χ0n) is 24.7. The number of pyridine rings is 1. The first kappa shape index (κ1) is 28.8. The number of ether oxygens (including phenoxy) is 1. The molecule has 1 atom stereocenters. The van der Waals surface area contributed by atoms with E-state index in [1.807, 2.05) is 94.6 Å². The maximum absolute atomic E-state index is 13.8. The molecule has 0 saturated heterocycles. The molecule has 1 aromatic heterocycles. The summed E-state index contributed by atoms with van der Waals surface area (Å²) < 4.78 is 7.41. The number of esters is 1. The Hall–Kier alpha value is -3.67. The number of aromatic nitrogens is 1. The van der Waals surface area contributed by atoms with Gasteiger partial charge < -0.3 is 14.6 Å². The second kappa shape index (κ2) is 11.7. The van der Waals surface area contributed by atoms with E-state index < -0.39 is 11.0 Å². The van der Waals surface area contributed by atoms with E-state index in [1.54, 1.807) is 4.57 Å². The van der Waals surface area contributed by atoms with Crippen LogP contribution < -0.4 is 10.9 Å². The number of rotatable bonds is 9. The van der Waals surface area contributed by atoms with Crippen LogP contribution >= 0.6 is 0 Å². The number of anilines is 1. The highest BCUT2D eigenvalue weighted by Gasteiger charge is 2.52. The Balaban J connectivity index is 1.30. The van der Waals surface area contributed by atoms with Gasteiger partial charge in [0.25, 0.3) is 5.56 Å². The van der Waals surface area contributed by atoms with Crippen molar-refractivity contribution in [3.05, 3.63) is 99.5 Å². The second-order valence-electron chi connectivity index (χ2n) is 13.0. The van der Waals surface area contributed by atoms with Gasteiger partial charge in [0.05, 0.1) is 17.9 Å². The highest BCUT2D eigenvalue weighted by molar-refractivity contribution is 5.96. The molecule has 6 nitrogen and oxygen atoms in total. The standard InChI is InChI=1S/C35H42N2O4/c1-24-9-8-20-37(32(24)39)23-25-14-16-28(17-15-25)30(27-11-5-6-12-27)31(38)36-29-13-7-10-26(21-29)22-35(18-19-35)33(40)41-34(2,3)4/h7-10,13-17,20-21,27,30H,5-6,11-12,18-19,22-23H2,1-4H3,(H,36,38). The van der Waals surface area contributed by atoms with Gasteiger partial charge in [-0.2, -0.15) is 0 Å². The minimum absolute atomic E-state index is 0.00461. The fraction of sp³-hybridized carbons (Fsp3) is 0.457. The molecule has 41 heavy (non-hydrogen) atoms. The van der Waals surface area contributed by atoms with Gasteiger partial charge in [0.2, 0.25) is 5.91 Å². The average Bonchev–Trinajstić information content (AvgIpc) is 3.50. The van der Waals surface area contributed by atoms with E-state index in [4.69, 9.17) is 4.74 Å². The Morgan fingerprint density at radius 2 is 1.71 bits per heavy atom. The van der Waals surface area contributed by atoms with Gasteiger partial charge in [-0.25, -0.2) is 0 Å². The van der Waals surface area contributed by atoms with Crippen LogP contribution in [-0.4, -0.2) is 22.0 Å². The number of hydrogen-bond acceptors (Lipinski definition) is 4. The van der Waals surface area contributed by atoms with Crippen molar-refractivity contribution in [2.24, 2.45) is 11.3 Å². The SMILES string of the molecule is Cc1cccn(Cc2ccc(C(C(=O)Nc3cccc(CC4(C(=O)OC(C)(C)C)CC4)c3)C3CCCC3)cc2)c1=O. The lowest BCUT2D eigenvalue weighted by molar-refractivity contribution is -0.161. The van der Waals surface area contributed by atoms with Crippen LogP contribution in [0.5, 0.6) is 0 Å². The molecule has 0 spiro atoms. The lowest BCUT2D eigenvalue weighted by Gasteiger charge is -2.24. The van der Waals surface area contributed by atoms with Gasteiger partial charge in [-0.15, -0.1) is 0 Å². The first-order valence-corrected chi connectivity index (χ1v) is 14.9. The van der Waals surface area contributed by atoms with E-state index in [1.165, 1.54) is 0 Å². The van der Waals surface area contributed by atoms with Gasteiger partial charge in [-0.3, -0.25) is 14.4 Å². The van der Waals surface area contributed by atoms with Gasteiger partial charge in [0.15, 0.2) is 0 Å². The molecule has 2 aliphatic rings. The molecule has 1 amide bonds. The monoisotopic (exact) mass is 554 g/mol. The van der Waals surface area contributed by atoms with Crippen molar-refractivity contribution < 1.29 is 14.3 Å². The number of carbonyl (C=O) groups is 2. The summed E-state index contributed by atoms with van der Waals surface area (Å²) in [5.41, 5.74) is 3.60. The lowest BCUT2D eigenvalue weighted by atomic mass is 9.83. The van der Waals surface area contributed by atoms with Crippen LogP contribution in [0.3, 0.4) is 0 Å². The second-order valence-corrected chi connectivity index (χ2v) is 13.0. The number of carbonyl (C=O) groups excluding carboxylic acids is 2. The lowest BCUT2D eigenvalue weighted by Crippen LogP contribution is -2.30. The van der Waals surface area contributed by atoms with Crippen molar-refractivity contribution in [2.45, 2.75) is 90.7 Å². The van der Waals surface area contributed by atoms with Crippen molar-refractivity contribution in [3.8, 4) is 0 Å². The maximum Gasteiger partial charge on any atom is 0.312 e. The van der Waals surface area contributed by atoms with Crippen LogP contribution in [0.15, 0.2) is 71.7 Å². The van der Waals surface area contributed by atoms with Crippen LogP contribution in [0.4, 0.5) is 5.69 Å². The highest BCUT2D eigenvalue weighted by Crippen LogP contribution is 2.50. The Labute approximate surface area is 243 Å². The number of nitrogens with zero attached hydrogens (tertiary/aromatic N) is 1. The van der Waals surface area contributed by atoms with Crippen molar-refractivity contribution in [1.29, 1.82) is 0 Å². The van der Waals surface area contributed by atoms with Crippen molar-refractivity contribution in [1.82, 2.24) is 4.57 Å². The molecule has 1 N–H and O–H groups in total. The van der Waals surface area contributed by atoms with E-state index >= 15 is 0 Å². The van der Waals surface area contributed by atoms with Gasteiger partial charge in [0.1, 0.15) is 5.60 Å². The van der Waals surface area contributed by atoms with Crippen LogP contribution in [-0.2, 0) is 27.3 Å². The molecule has 2 fully saturated rings. The van der Waals surface area contributed by atoms with Crippen molar-refractivity contribution in [3.63, 3.8) is 0 Å². The van der Waals surface area contributed by atoms with Crippen LogP contribution in [0.25, 0.3) is 0 Å². The fourth-order valence-corrected chi connectivity index (χ4v) is 6.10. The molecule has 3 aromatic rings. The van der Waals surface area contributed by atoms with Crippen LogP contribution in [0.2, 0.25) is 0 Å². The first-order valence-electron chi connectivity index (χ1n) is 14.9. The van der Waals surface area contributed by atoms with E-state index in [-0.39, 0.29) is 23.4 Å². The summed E-state index contributed by atoms with van der Waals surface area (Å²) in [7, 11) is 0. The molecule has 5 rings (SSSR count). The third kappa shape index (κ3) is 6.98. The maximum atomic E-state index is 13.8. The van der Waals surface area contributed by atoms with Crippen molar-refractivity contribution >= 4 is 17.6 Å². The van der Waals surface area contributed by atoms with E-state index in [0.717, 1.165) is 66.5 Å². The summed E-state index contributed by atoms with van der Waals surface area (Å²) in [4.78, 5) is 39.1. The molecule has 2 aromatic carbocycles. The predicted molar refractivity (Wildman–Crippen MR) is 162 cm³/mol. The summed E-state index contributed by atoms with van der Waals surface area (Å²) in [6, 6.07) is 19.8. The van der Waals surface area contributed by atoms with Crippen LogP contribution in [0.1, 0.15) is 87.5 Å². The Morgan fingerprint density at radius 3 is 2.37 bits per heavy atom. The molecule has 6 heteroatoms. The Bertz CT molecular complexity index is 1450. The molecule has 1 unspecified atom stereocenters. The minimum Gasteiger partial charge on any atom is -0.460 e. The summed E-state index contributed by atoms with van der Waals surface area (Å²) in [5.74, 6) is -0.0693. The largest absolute Gasteiger partial charge is 0.460 e. The molecule has 216 valence electrons. The summed E-state index contributed by atoms with van der Waals surface area (Å²) in [6.07, 6.45) is 8.45. The normalized spacial score (nSPS) is 17.2. The average molecular weight is 555 g/mol. The summed E-state index contributed by atoms with van der Waals surface area (Å²) in [5, 5.41) is 3.20. The Morgan fingerprint density at radius 1 is 1.00 bits per heavy atom. The molecular formula is C35H42N2O4. The quantitative estimate of drug-likeness (QED) is 0.296. The number of aryl methyl sites for hydroxylation is 1.